The van der Waals surface area contributed by atoms with Crippen molar-refractivity contribution in [1.29, 1.82) is 0 Å². The van der Waals surface area contributed by atoms with Gasteiger partial charge in [-0.3, -0.25) is 9.78 Å². The molecule has 0 atom stereocenters. The van der Waals surface area contributed by atoms with E-state index in [1.807, 2.05) is 12.1 Å². The van der Waals surface area contributed by atoms with Crippen molar-refractivity contribution in [1.82, 2.24) is 14.9 Å². The molecule has 0 bridgehead atoms. The number of nitrogens with zero attached hydrogens (tertiary/aromatic N) is 4. The van der Waals surface area contributed by atoms with Crippen molar-refractivity contribution >= 4 is 23.4 Å². The van der Waals surface area contributed by atoms with Gasteiger partial charge < -0.3 is 20.2 Å². The highest BCUT2D eigenvalue weighted by Crippen LogP contribution is 2.17. The van der Waals surface area contributed by atoms with E-state index in [9.17, 15) is 14.0 Å². The Hall–Kier alpha value is -4.01. The average Bonchev–Trinajstić information content (AvgIpc) is 2.84. The second-order valence-electron chi connectivity index (χ2n) is 7.38. The fraction of sp³-hybridized carbons (Fsp3) is 0.217. The van der Waals surface area contributed by atoms with Crippen LogP contribution in [0, 0.1) is 5.82 Å². The quantitative estimate of drug-likeness (QED) is 0.614. The number of hydrogen-bond donors (Lipinski definition) is 2. The van der Waals surface area contributed by atoms with Crippen LogP contribution in [0.3, 0.4) is 0 Å². The van der Waals surface area contributed by atoms with Gasteiger partial charge in [-0.2, -0.15) is 0 Å². The minimum absolute atomic E-state index is 0.0752. The van der Waals surface area contributed by atoms with E-state index in [0.29, 0.717) is 30.0 Å². The summed E-state index contributed by atoms with van der Waals surface area (Å²) in [5, 5.41) is 11.9. The van der Waals surface area contributed by atoms with E-state index < -0.39 is 11.8 Å². The Morgan fingerprint density at radius 3 is 2.34 bits per heavy atom. The maximum absolute atomic E-state index is 14.0. The molecule has 0 saturated carbocycles. The van der Waals surface area contributed by atoms with Crippen molar-refractivity contribution in [2.45, 2.75) is 6.54 Å². The molecule has 1 aliphatic heterocycles. The Morgan fingerprint density at radius 1 is 1.00 bits per heavy atom. The van der Waals surface area contributed by atoms with Gasteiger partial charge in [0.25, 0.3) is 5.91 Å². The predicted molar refractivity (Wildman–Crippen MR) is 117 cm³/mol. The van der Waals surface area contributed by atoms with Gasteiger partial charge in [-0.25, -0.2) is 14.2 Å². The van der Waals surface area contributed by atoms with E-state index >= 15 is 0 Å². The van der Waals surface area contributed by atoms with Crippen LogP contribution in [0.2, 0.25) is 0 Å². The van der Waals surface area contributed by atoms with Crippen LogP contribution in [0.1, 0.15) is 26.3 Å². The molecule has 4 rings (SSSR count). The normalized spacial score (nSPS) is 13.7. The number of hydrogen-bond acceptors (Lipinski definition) is 6. The lowest BCUT2D eigenvalue weighted by molar-refractivity contribution is 0.0694. The summed E-state index contributed by atoms with van der Waals surface area (Å²) in [6.45, 7) is 2.87. The average molecular weight is 435 g/mol. The molecule has 3 aromatic rings. The number of pyridine rings is 2. The third-order valence-corrected chi connectivity index (χ3v) is 5.37. The summed E-state index contributed by atoms with van der Waals surface area (Å²) in [4.78, 5) is 36.0. The van der Waals surface area contributed by atoms with E-state index in [2.05, 4.69) is 20.2 Å². The maximum atomic E-state index is 14.0. The topological polar surface area (TPSA) is 98.7 Å². The largest absolute Gasteiger partial charge is 0.478 e. The zero-order chi connectivity index (χ0) is 22.5. The highest BCUT2D eigenvalue weighted by atomic mass is 19.1. The second kappa shape index (κ2) is 9.42. The molecule has 0 spiro atoms. The van der Waals surface area contributed by atoms with Crippen molar-refractivity contribution in [2.24, 2.45) is 0 Å². The van der Waals surface area contributed by atoms with Gasteiger partial charge in [0.05, 0.1) is 11.1 Å². The number of nitrogens with one attached hydrogen (secondary N) is 1. The number of carbonyl (C=O) groups is 2. The summed E-state index contributed by atoms with van der Waals surface area (Å²) < 4.78 is 14.0. The zero-order valence-corrected chi connectivity index (χ0v) is 17.2. The third-order valence-electron chi connectivity index (χ3n) is 5.37. The molecule has 1 fully saturated rings. The number of aromatic nitrogens is 2. The minimum atomic E-state index is -1.18. The van der Waals surface area contributed by atoms with Gasteiger partial charge in [0.15, 0.2) is 0 Å². The van der Waals surface area contributed by atoms with Crippen LogP contribution in [-0.2, 0) is 6.54 Å². The molecule has 32 heavy (non-hydrogen) atoms. The number of carbonyl (C=O) groups excluding carboxylic acids is 1. The molecule has 1 amide bonds. The fourth-order valence-corrected chi connectivity index (χ4v) is 3.54. The molecular weight excluding hydrogens is 413 g/mol. The summed E-state index contributed by atoms with van der Waals surface area (Å²) in [6, 6.07) is 11.0. The molecule has 1 aliphatic rings. The van der Waals surface area contributed by atoms with Crippen molar-refractivity contribution < 1.29 is 19.1 Å². The number of benzene rings is 1. The molecule has 2 aromatic heterocycles. The van der Waals surface area contributed by atoms with Crippen molar-refractivity contribution in [3.05, 3.63) is 83.6 Å². The summed E-state index contributed by atoms with van der Waals surface area (Å²) in [7, 11) is 0. The molecule has 0 unspecified atom stereocenters. The third kappa shape index (κ3) is 4.83. The Bertz CT molecular complexity index is 1100. The summed E-state index contributed by atoms with van der Waals surface area (Å²) in [6.07, 6.45) is 5.02. The van der Waals surface area contributed by atoms with Crippen LogP contribution >= 0.6 is 0 Å². The molecule has 1 aromatic carbocycles. The first-order valence-electron chi connectivity index (χ1n) is 10.2. The molecule has 0 aliphatic carbocycles. The van der Waals surface area contributed by atoms with Gasteiger partial charge in [0.1, 0.15) is 11.6 Å². The highest BCUT2D eigenvalue weighted by Gasteiger charge is 2.22. The number of piperazine rings is 1. The standard InChI is InChI=1S/C23H22FN5O3/c24-20-13-16(23(31)32)1-2-17(20)14-26-21-4-3-18(15-27-21)22(30)29-11-9-28(10-12-29)19-5-7-25-8-6-19/h1-8,13,15H,9-12,14H2,(H,26,27)(H,31,32). The molecular formula is C23H22FN5O3. The molecule has 8 nitrogen and oxygen atoms in total. The molecule has 164 valence electrons. The van der Waals surface area contributed by atoms with Crippen molar-refractivity contribution in [3.8, 4) is 0 Å². The second-order valence-corrected chi connectivity index (χ2v) is 7.38. The summed E-state index contributed by atoms with van der Waals surface area (Å²) >= 11 is 0. The molecule has 2 N–H and O–H groups in total. The molecule has 0 radical (unpaired) electrons. The zero-order valence-electron chi connectivity index (χ0n) is 17.2. The Morgan fingerprint density at radius 2 is 1.72 bits per heavy atom. The van der Waals surface area contributed by atoms with Crippen LogP contribution in [0.5, 0.6) is 0 Å². The van der Waals surface area contributed by atoms with Crippen LogP contribution in [0.15, 0.2) is 61.1 Å². The lowest BCUT2D eigenvalue weighted by atomic mass is 10.1. The molecule has 9 heteroatoms. The monoisotopic (exact) mass is 435 g/mol. The van der Waals surface area contributed by atoms with E-state index in [1.165, 1.54) is 18.3 Å². The van der Waals surface area contributed by atoms with Crippen molar-refractivity contribution in [3.63, 3.8) is 0 Å². The van der Waals surface area contributed by atoms with Crippen molar-refractivity contribution in [2.75, 3.05) is 36.4 Å². The Balaban J connectivity index is 1.32. The lowest BCUT2D eigenvalue weighted by Gasteiger charge is -2.36. The summed E-state index contributed by atoms with van der Waals surface area (Å²) in [5.41, 5.74) is 1.81. The van der Waals surface area contributed by atoms with Gasteiger partial charge in [0, 0.05) is 62.6 Å². The smallest absolute Gasteiger partial charge is 0.335 e. The van der Waals surface area contributed by atoms with Crippen LogP contribution in [0.4, 0.5) is 15.9 Å². The van der Waals surface area contributed by atoms with Crippen LogP contribution < -0.4 is 10.2 Å². The Kier molecular flexibility index (Phi) is 6.25. The SMILES string of the molecule is O=C(O)c1ccc(CNc2ccc(C(=O)N3CCN(c4ccncc4)CC3)cn2)c(F)c1. The lowest BCUT2D eigenvalue weighted by Crippen LogP contribution is -2.48. The number of aromatic carboxylic acids is 1. The number of anilines is 2. The molecule has 1 saturated heterocycles. The minimum Gasteiger partial charge on any atom is -0.478 e. The van der Waals surface area contributed by atoms with Gasteiger partial charge in [-0.15, -0.1) is 0 Å². The maximum Gasteiger partial charge on any atom is 0.335 e. The van der Waals surface area contributed by atoms with Gasteiger partial charge in [0.2, 0.25) is 0 Å². The van der Waals surface area contributed by atoms with E-state index in [-0.39, 0.29) is 18.0 Å². The van der Waals surface area contributed by atoms with Gasteiger partial charge >= 0.3 is 5.97 Å². The van der Waals surface area contributed by atoms with E-state index in [1.54, 1.807) is 29.4 Å². The number of carboxylic acids is 1. The highest BCUT2D eigenvalue weighted by molar-refractivity contribution is 5.94. The van der Waals surface area contributed by atoms with Gasteiger partial charge in [-0.1, -0.05) is 6.07 Å². The van der Waals surface area contributed by atoms with Crippen LogP contribution in [-0.4, -0.2) is 58.0 Å². The number of carboxylic acid groups (broad SMARTS) is 1. The van der Waals surface area contributed by atoms with E-state index in [0.717, 1.165) is 24.8 Å². The van der Waals surface area contributed by atoms with Crippen LogP contribution in [0.25, 0.3) is 0 Å². The predicted octanol–water partition coefficient (Wildman–Crippen LogP) is 2.89. The Labute approximate surface area is 184 Å². The molecule has 3 heterocycles. The summed E-state index contributed by atoms with van der Waals surface area (Å²) in [5.74, 6) is -1.36. The first-order chi connectivity index (χ1) is 15.5. The van der Waals surface area contributed by atoms with E-state index in [4.69, 9.17) is 5.11 Å². The first kappa shape index (κ1) is 21.2. The number of halogens is 1. The fourth-order valence-electron chi connectivity index (χ4n) is 3.54. The first-order valence-corrected chi connectivity index (χ1v) is 10.2. The number of rotatable bonds is 6. The number of amides is 1. The van der Waals surface area contributed by atoms with Gasteiger partial charge in [-0.05, 0) is 36.4 Å².